The van der Waals surface area contributed by atoms with E-state index < -0.39 is 10.0 Å². The molecule has 0 fully saturated rings. The normalized spacial score (nSPS) is 11.5. The Morgan fingerprint density at radius 2 is 1.91 bits per heavy atom. The zero-order chi connectivity index (χ0) is 16.6. The Kier molecular flexibility index (Phi) is 7.34. The van der Waals surface area contributed by atoms with E-state index in [1.54, 1.807) is 7.11 Å². The highest BCUT2D eigenvalue weighted by Crippen LogP contribution is 2.11. The second-order valence-corrected chi connectivity index (χ2v) is 7.03. The fraction of sp³-hybridized carbons (Fsp3) is 0.533. The molecule has 1 amide bonds. The number of rotatable bonds is 9. The lowest BCUT2D eigenvalue weighted by Gasteiger charge is -2.18. The number of amides is 1. The summed E-state index contributed by atoms with van der Waals surface area (Å²) < 4.78 is 29.4. The van der Waals surface area contributed by atoms with Crippen molar-refractivity contribution in [1.29, 1.82) is 0 Å². The molecule has 0 atom stereocenters. The highest BCUT2D eigenvalue weighted by Gasteiger charge is 2.18. The average molecular weight is 328 g/mol. The van der Waals surface area contributed by atoms with Gasteiger partial charge in [0, 0.05) is 13.1 Å². The molecule has 1 aromatic carbocycles. The van der Waals surface area contributed by atoms with Crippen molar-refractivity contribution in [2.45, 2.75) is 19.8 Å². The van der Waals surface area contributed by atoms with Crippen molar-refractivity contribution < 1.29 is 17.9 Å². The lowest BCUT2D eigenvalue weighted by atomic mass is 10.1. The van der Waals surface area contributed by atoms with Crippen molar-refractivity contribution in [3.63, 3.8) is 0 Å². The first-order valence-electron chi connectivity index (χ1n) is 7.21. The second kappa shape index (κ2) is 8.75. The van der Waals surface area contributed by atoms with Crippen LogP contribution in [0.15, 0.2) is 24.3 Å². The number of carbonyl (C=O) groups excluding carboxylic acids is 1. The number of sulfonamides is 1. The number of methoxy groups -OCH3 is 1. The maximum atomic E-state index is 11.8. The summed E-state index contributed by atoms with van der Waals surface area (Å²) in [5, 5.41) is 2.74. The minimum absolute atomic E-state index is 0.130. The third kappa shape index (κ3) is 6.44. The Balaban J connectivity index is 2.41. The largest absolute Gasteiger partial charge is 0.497 e. The molecule has 0 aliphatic rings. The molecule has 1 rings (SSSR count). The summed E-state index contributed by atoms with van der Waals surface area (Å²) in [7, 11) is -1.74. The maximum Gasteiger partial charge on any atom is 0.235 e. The molecular weight excluding hydrogens is 304 g/mol. The van der Waals surface area contributed by atoms with Gasteiger partial charge in [-0.2, -0.15) is 4.31 Å². The van der Waals surface area contributed by atoms with Gasteiger partial charge in [-0.15, -0.1) is 0 Å². The highest BCUT2D eigenvalue weighted by molar-refractivity contribution is 7.88. The summed E-state index contributed by atoms with van der Waals surface area (Å²) in [6, 6.07) is 7.60. The van der Waals surface area contributed by atoms with E-state index in [1.165, 1.54) is 4.31 Å². The summed E-state index contributed by atoms with van der Waals surface area (Å²) in [5.74, 6) is 0.503. The summed E-state index contributed by atoms with van der Waals surface area (Å²) in [6.45, 7) is 2.56. The van der Waals surface area contributed by atoms with Crippen LogP contribution in [0.3, 0.4) is 0 Å². The third-order valence-corrected chi connectivity index (χ3v) is 4.41. The molecule has 0 aliphatic heterocycles. The van der Waals surface area contributed by atoms with E-state index in [1.807, 2.05) is 31.2 Å². The number of benzene rings is 1. The second-order valence-electron chi connectivity index (χ2n) is 5.04. The van der Waals surface area contributed by atoms with Crippen molar-refractivity contribution in [1.82, 2.24) is 9.62 Å². The van der Waals surface area contributed by atoms with Gasteiger partial charge in [0.1, 0.15) is 5.75 Å². The molecule has 22 heavy (non-hydrogen) atoms. The summed E-state index contributed by atoms with van der Waals surface area (Å²) in [5.41, 5.74) is 1.08. The van der Waals surface area contributed by atoms with Gasteiger partial charge in [0.05, 0.1) is 19.9 Å². The zero-order valence-corrected chi connectivity index (χ0v) is 14.1. The van der Waals surface area contributed by atoms with Crippen LogP contribution in [0, 0.1) is 0 Å². The standard InChI is InChI=1S/C15H24N2O4S/c1-4-11-17(22(3,19)20)12-15(18)16-10-9-13-5-7-14(21-2)8-6-13/h5-8H,4,9-12H2,1-3H3,(H,16,18). The topological polar surface area (TPSA) is 75.7 Å². The van der Waals surface area contributed by atoms with Crippen LogP contribution in [0.5, 0.6) is 5.75 Å². The summed E-state index contributed by atoms with van der Waals surface area (Å²) in [4.78, 5) is 11.8. The Hall–Kier alpha value is -1.60. The van der Waals surface area contributed by atoms with Crippen molar-refractivity contribution in [3.05, 3.63) is 29.8 Å². The fourth-order valence-electron chi connectivity index (χ4n) is 1.97. The lowest BCUT2D eigenvalue weighted by Crippen LogP contribution is -2.41. The summed E-state index contributed by atoms with van der Waals surface area (Å²) in [6.07, 6.45) is 2.47. The number of carbonyl (C=O) groups is 1. The van der Waals surface area contributed by atoms with Crippen LogP contribution in [0.4, 0.5) is 0 Å². The van der Waals surface area contributed by atoms with Gasteiger partial charge in [-0.1, -0.05) is 19.1 Å². The molecule has 0 bridgehead atoms. The van der Waals surface area contributed by atoms with Gasteiger partial charge in [0.2, 0.25) is 15.9 Å². The van der Waals surface area contributed by atoms with Crippen LogP contribution in [0.1, 0.15) is 18.9 Å². The van der Waals surface area contributed by atoms with Gasteiger partial charge >= 0.3 is 0 Å². The van der Waals surface area contributed by atoms with Gasteiger partial charge in [-0.3, -0.25) is 4.79 Å². The van der Waals surface area contributed by atoms with Crippen LogP contribution < -0.4 is 10.1 Å². The molecule has 1 N–H and O–H groups in total. The monoisotopic (exact) mass is 328 g/mol. The molecule has 124 valence electrons. The number of hydrogen-bond acceptors (Lipinski definition) is 4. The highest BCUT2D eigenvalue weighted by atomic mass is 32.2. The Labute approximate surface area is 132 Å². The minimum atomic E-state index is -3.35. The molecule has 0 aliphatic carbocycles. The van der Waals surface area contributed by atoms with Gasteiger partial charge in [0.15, 0.2) is 0 Å². The molecule has 0 unspecified atom stereocenters. The Morgan fingerprint density at radius 3 is 2.41 bits per heavy atom. The number of nitrogens with one attached hydrogen (secondary N) is 1. The first-order valence-corrected chi connectivity index (χ1v) is 9.06. The molecule has 0 spiro atoms. The van der Waals surface area contributed by atoms with Crippen LogP contribution in [-0.4, -0.2) is 51.6 Å². The van der Waals surface area contributed by atoms with Crippen LogP contribution >= 0.6 is 0 Å². The number of ether oxygens (including phenoxy) is 1. The number of nitrogens with zero attached hydrogens (tertiary/aromatic N) is 1. The Bertz CT molecular complexity index is 570. The molecule has 6 nitrogen and oxygen atoms in total. The predicted octanol–water partition coefficient (Wildman–Crippen LogP) is 1.03. The lowest BCUT2D eigenvalue weighted by molar-refractivity contribution is -0.121. The van der Waals surface area contributed by atoms with E-state index in [-0.39, 0.29) is 12.5 Å². The van der Waals surface area contributed by atoms with Crippen molar-refractivity contribution in [3.8, 4) is 5.75 Å². The first-order chi connectivity index (χ1) is 10.4. The van der Waals surface area contributed by atoms with E-state index in [4.69, 9.17) is 4.74 Å². The molecule has 0 radical (unpaired) electrons. The molecule has 0 heterocycles. The van der Waals surface area contributed by atoms with Crippen molar-refractivity contribution in [2.75, 3.05) is 33.0 Å². The SMILES string of the molecule is CCCN(CC(=O)NCCc1ccc(OC)cc1)S(C)(=O)=O. The van der Waals surface area contributed by atoms with Crippen molar-refractivity contribution in [2.24, 2.45) is 0 Å². The third-order valence-electron chi connectivity index (χ3n) is 3.16. The van der Waals surface area contributed by atoms with E-state index in [9.17, 15) is 13.2 Å². The van der Waals surface area contributed by atoms with E-state index in [0.717, 1.165) is 17.6 Å². The molecule has 7 heteroatoms. The van der Waals surface area contributed by atoms with Gasteiger partial charge in [-0.05, 0) is 30.5 Å². The fourth-order valence-corrected chi connectivity index (χ4v) is 2.83. The van der Waals surface area contributed by atoms with Gasteiger partial charge < -0.3 is 10.1 Å². The van der Waals surface area contributed by atoms with Gasteiger partial charge in [0.25, 0.3) is 0 Å². The zero-order valence-electron chi connectivity index (χ0n) is 13.3. The van der Waals surface area contributed by atoms with Crippen molar-refractivity contribution >= 4 is 15.9 Å². The minimum Gasteiger partial charge on any atom is -0.497 e. The molecular formula is C15H24N2O4S. The van der Waals surface area contributed by atoms with E-state index >= 15 is 0 Å². The summed E-state index contributed by atoms with van der Waals surface area (Å²) >= 11 is 0. The predicted molar refractivity (Wildman–Crippen MR) is 86.4 cm³/mol. The van der Waals surface area contributed by atoms with Crippen LogP contribution in [-0.2, 0) is 21.2 Å². The smallest absolute Gasteiger partial charge is 0.235 e. The van der Waals surface area contributed by atoms with Gasteiger partial charge in [-0.25, -0.2) is 8.42 Å². The maximum absolute atomic E-state index is 11.8. The van der Waals surface area contributed by atoms with E-state index in [0.29, 0.717) is 25.9 Å². The molecule has 0 aromatic heterocycles. The average Bonchev–Trinajstić information content (AvgIpc) is 2.46. The van der Waals surface area contributed by atoms with Crippen LogP contribution in [0.2, 0.25) is 0 Å². The molecule has 1 aromatic rings. The number of hydrogen-bond donors (Lipinski definition) is 1. The molecule has 0 saturated heterocycles. The quantitative estimate of drug-likeness (QED) is 0.734. The molecule has 0 saturated carbocycles. The first kappa shape index (κ1) is 18.4. The Morgan fingerprint density at radius 1 is 1.27 bits per heavy atom. The van der Waals surface area contributed by atoms with Crippen LogP contribution in [0.25, 0.3) is 0 Å². The van der Waals surface area contributed by atoms with E-state index in [2.05, 4.69) is 5.32 Å².